The van der Waals surface area contributed by atoms with Crippen molar-refractivity contribution in [2.45, 2.75) is 13.3 Å². The van der Waals surface area contributed by atoms with Crippen LogP contribution in [0.25, 0.3) is 0 Å². The maximum Gasteiger partial charge on any atom is 0.157 e. The van der Waals surface area contributed by atoms with Gasteiger partial charge < -0.3 is 15.9 Å². The Balaban J connectivity index is 0.00000144. The molecule has 4 N–H and O–H groups in total. The number of aromatic hydroxyl groups is 2. The van der Waals surface area contributed by atoms with Crippen molar-refractivity contribution in [2.24, 2.45) is 5.73 Å². The maximum atomic E-state index is 9.16. The molecule has 0 spiro atoms. The van der Waals surface area contributed by atoms with E-state index in [9.17, 15) is 0 Å². The van der Waals surface area contributed by atoms with Crippen LogP contribution in [-0.2, 0) is 6.42 Å². The first-order valence-corrected chi connectivity index (χ1v) is 3.86. The van der Waals surface area contributed by atoms with E-state index in [1.165, 1.54) is 0 Å². The smallest absolute Gasteiger partial charge is 0.157 e. The minimum absolute atomic E-state index is 0. The van der Waals surface area contributed by atoms with E-state index in [-0.39, 0.29) is 28.5 Å². The Morgan fingerprint density at radius 3 is 2.31 bits per heavy atom. The molecule has 0 heterocycles. The summed E-state index contributed by atoms with van der Waals surface area (Å²) >= 11 is 0. The third-order valence-corrected chi connectivity index (χ3v) is 1.85. The van der Waals surface area contributed by atoms with Crippen LogP contribution in [0.4, 0.5) is 0 Å². The van der Waals surface area contributed by atoms with E-state index < -0.39 is 0 Å². The van der Waals surface area contributed by atoms with Crippen molar-refractivity contribution in [3.63, 3.8) is 0 Å². The third-order valence-electron chi connectivity index (χ3n) is 1.85. The van der Waals surface area contributed by atoms with Gasteiger partial charge in [0, 0.05) is 0 Å². The molecule has 0 aliphatic carbocycles. The van der Waals surface area contributed by atoms with Crippen LogP contribution in [0.1, 0.15) is 11.1 Å². The Labute approximate surface area is 88.0 Å². The molecule has 4 heteroatoms. The number of benzene rings is 1. The van der Waals surface area contributed by atoms with Gasteiger partial charge in [-0.05, 0) is 43.1 Å². The Morgan fingerprint density at radius 1 is 1.23 bits per heavy atom. The average molecular weight is 248 g/mol. The van der Waals surface area contributed by atoms with Gasteiger partial charge in [0.1, 0.15) is 0 Å². The standard InChI is InChI=1S/C9H13NO2.BrH/c1-6-4-8(11)9(12)5-7(6)2-3-10;/h4-5,11-12H,2-3,10H2,1H3;1H. The highest BCUT2D eigenvalue weighted by Gasteiger charge is 2.03. The molecule has 1 aromatic carbocycles. The molecule has 0 fully saturated rings. The second kappa shape index (κ2) is 5.09. The summed E-state index contributed by atoms with van der Waals surface area (Å²) in [5.41, 5.74) is 7.31. The second-order valence-electron chi connectivity index (χ2n) is 2.81. The predicted molar refractivity (Wildman–Crippen MR) is 57.6 cm³/mol. The number of nitrogens with two attached hydrogens (primary N) is 1. The first-order chi connectivity index (χ1) is 5.65. The summed E-state index contributed by atoms with van der Waals surface area (Å²) in [6.07, 6.45) is 0.722. The molecule has 1 rings (SSSR count). The van der Waals surface area contributed by atoms with Gasteiger partial charge in [-0.3, -0.25) is 0 Å². The van der Waals surface area contributed by atoms with Crippen LogP contribution in [0.3, 0.4) is 0 Å². The Morgan fingerprint density at radius 2 is 1.77 bits per heavy atom. The zero-order valence-electron chi connectivity index (χ0n) is 7.45. The summed E-state index contributed by atoms with van der Waals surface area (Å²) in [5, 5.41) is 18.3. The first kappa shape index (κ1) is 12.3. The number of hydrogen-bond donors (Lipinski definition) is 3. The van der Waals surface area contributed by atoms with Gasteiger partial charge >= 0.3 is 0 Å². The van der Waals surface area contributed by atoms with Gasteiger partial charge in [-0.2, -0.15) is 0 Å². The van der Waals surface area contributed by atoms with Gasteiger partial charge in [0.05, 0.1) is 0 Å². The molecule has 74 valence electrons. The summed E-state index contributed by atoms with van der Waals surface area (Å²) in [6, 6.07) is 3.10. The van der Waals surface area contributed by atoms with Gasteiger partial charge in [-0.15, -0.1) is 17.0 Å². The second-order valence-corrected chi connectivity index (χ2v) is 2.81. The van der Waals surface area contributed by atoms with E-state index in [2.05, 4.69) is 0 Å². The minimum Gasteiger partial charge on any atom is -0.504 e. The predicted octanol–water partition coefficient (Wildman–Crippen LogP) is 1.49. The van der Waals surface area contributed by atoms with Crippen LogP contribution >= 0.6 is 17.0 Å². The van der Waals surface area contributed by atoms with E-state index in [0.29, 0.717) is 6.54 Å². The number of rotatable bonds is 2. The van der Waals surface area contributed by atoms with Crippen molar-refractivity contribution in [1.82, 2.24) is 0 Å². The van der Waals surface area contributed by atoms with Crippen molar-refractivity contribution in [3.05, 3.63) is 23.3 Å². The van der Waals surface area contributed by atoms with Crippen molar-refractivity contribution in [2.75, 3.05) is 6.54 Å². The fourth-order valence-corrected chi connectivity index (χ4v) is 1.15. The van der Waals surface area contributed by atoms with Gasteiger partial charge in [0.2, 0.25) is 0 Å². The average Bonchev–Trinajstić information content (AvgIpc) is 2.01. The fraction of sp³-hybridized carbons (Fsp3) is 0.333. The lowest BCUT2D eigenvalue weighted by Crippen LogP contribution is -2.03. The molecule has 0 aliphatic rings. The molecule has 0 amide bonds. The molecule has 0 aromatic heterocycles. The fourth-order valence-electron chi connectivity index (χ4n) is 1.15. The van der Waals surface area contributed by atoms with Crippen LogP contribution in [0, 0.1) is 6.92 Å². The van der Waals surface area contributed by atoms with Crippen molar-refractivity contribution < 1.29 is 10.2 Å². The molecule has 1 aromatic rings. The lowest BCUT2D eigenvalue weighted by molar-refractivity contribution is 0.402. The van der Waals surface area contributed by atoms with E-state index >= 15 is 0 Å². The van der Waals surface area contributed by atoms with Crippen LogP contribution in [0.15, 0.2) is 12.1 Å². The number of hydrogen-bond acceptors (Lipinski definition) is 3. The largest absolute Gasteiger partial charge is 0.504 e. The van der Waals surface area contributed by atoms with Gasteiger partial charge in [-0.1, -0.05) is 0 Å². The van der Waals surface area contributed by atoms with Crippen molar-refractivity contribution in [1.29, 1.82) is 0 Å². The number of phenols is 2. The highest BCUT2D eigenvalue weighted by Crippen LogP contribution is 2.27. The molecule has 0 atom stereocenters. The summed E-state index contributed by atoms with van der Waals surface area (Å²) in [5.74, 6) is -0.155. The van der Waals surface area contributed by atoms with E-state index in [4.69, 9.17) is 15.9 Å². The van der Waals surface area contributed by atoms with Crippen LogP contribution in [-0.4, -0.2) is 16.8 Å². The normalized spacial score (nSPS) is 9.38. The Kier molecular flexibility index (Phi) is 4.80. The summed E-state index contributed by atoms with van der Waals surface area (Å²) in [6.45, 7) is 2.43. The molecule has 0 bridgehead atoms. The summed E-state index contributed by atoms with van der Waals surface area (Å²) in [7, 11) is 0. The van der Waals surface area contributed by atoms with Crippen molar-refractivity contribution >= 4 is 17.0 Å². The van der Waals surface area contributed by atoms with Crippen LogP contribution < -0.4 is 5.73 Å². The van der Waals surface area contributed by atoms with Gasteiger partial charge in [0.15, 0.2) is 11.5 Å². The van der Waals surface area contributed by atoms with E-state index in [1.807, 2.05) is 6.92 Å². The molecule has 0 unspecified atom stereocenters. The highest BCUT2D eigenvalue weighted by atomic mass is 79.9. The van der Waals surface area contributed by atoms with Crippen molar-refractivity contribution in [3.8, 4) is 11.5 Å². The number of phenolic OH excluding ortho intramolecular Hbond substituents is 2. The summed E-state index contributed by atoms with van der Waals surface area (Å²) in [4.78, 5) is 0. The molecule has 0 saturated heterocycles. The quantitative estimate of drug-likeness (QED) is 0.694. The molecule has 13 heavy (non-hydrogen) atoms. The number of aryl methyl sites for hydroxylation is 1. The molecule has 3 nitrogen and oxygen atoms in total. The van der Waals surface area contributed by atoms with E-state index in [1.54, 1.807) is 12.1 Å². The SMILES string of the molecule is Br.Cc1cc(O)c(O)cc1CCN. The monoisotopic (exact) mass is 247 g/mol. The third kappa shape index (κ3) is 2.90. The molecule has 0 radical (unpaired) electrons. The lowest BCUT2D eigenvalue weighted by Gasteiger charge is -2.06. The zero-order chi connectivity index (χ0) is 9.14. The van der Waals surface area contributed by atoms with Gasteiger partial charge in [-0.25, -0.2) is 0 Å². The minimum atomic E-state index is -0.0796. The Hall–Kier alpha value is -0.740. The van der Waals surface area contributed by atoms with Crippen LogP contribution in [0.2, 0.25) is 0 Å². The molecular weight excluding hydrogens is 234 g/mol. The van der Waals surface area contributed by atoms with Crippen LogP contribution in [0.5, 0.6) is 11.5 Å². The van der Waals surface area contributed by atoms with Gasteiger partial charge in [0.25, 0.3) is 0 Å². The topological polar surface area (TPSA) is 66.5 Å². The summed E-state index contributed by atoms with van der Waals surface area (Å²) < 4.78 is 0. The zero-order valence-corrected chi connectivity index (χ0v) is 9.16. The highest BCUT2D eigenvalue weighted by molar-refractivity contribution is 8.93. The number of halogens is 1. The van der Waals surface area contributed by atoms with E-state index in [0.717, 1.165) is 17.5 Å². The molecule has 0 saturated carbocycles. The molecular formula is C9H14BrNO2. The lowest BCUT2D eigenvalue weighted by atomic mass is 10.1. The first-order valence-electron chi connectivity index (χ1n) is 3.86. The molecule has 0 aliphatic heterocycles. The Bertz CT molecular complexity index is 289. The maximum absolute atomic E-state index is 9.16.